The summed E-state index contributed by atoms with van der Waals surface area (Å²) in [4.78, 5) is 0.424. The number of hydrogen-bond acceptors (Lipinski definition) is 5. The number of ether oxygens (including phenoxy) is 1. The maximum Gasteiger partial charge on any atom is 0.264 e. The van der Waals surface area contributed by atoms with Crippen molar-refractivity contribution in [3.8, 4) is 5.75 Å². The van der Waals surface area contributed by atoms with Crippen molar-refractivity contribution in [1.29, 1.82) is 0 Å². The van der Waals surface area contributed by atoms with Gasteiger partial charge in [-0.15, -0.1) is 0 Å². The Morgan fingerprint density at radius 2 is 1.43 bits per heavy atom. The molecular weight excluding hydrogens is 424 g/mol. The first kappa shape index (κ1) is 21.1. The number of nitrogens with zero attached hydrogens (tertiary/aromatic N) is 2. The van der Waals surface area contributed by atoms with E-state index < -0.39 is 20.0 Å². The van der Waals surface area contributed by atoms with Gasteiger partial charge >= 0.3 is 0 Å². The third kappa shape index (κ3) is 3.81. The summed E-state index contributed by atoms with van der Waals surface area (Å²) in [5.41, 5.74) is 1.30. The van der Waals surface area contributed by atoms with E-state index in [1.807, 2.05) is 0 Å². The molecule has 0 aromatic heterocycles. The fraction of sp³-hybridized carbons (Fsp3) is 0.429. The van der Waals surface area contributed by atoms with Gasteiger partial charge in [0.25, 0.3) is 10.0 Å². The van der Waals surface area contributed by atoms with Crippen LogP contribution in [0.2, 0.25) is 0 Å². The van der Waals surface area contributed by atoms with Crippen LogP contribution in [0.5, 0.6) is 5.75 Å². The summed E-state index contributed by atoms with van der Waals surface area (Å²) >= 11 is 0. The molecule has 2 aromatic carbocycles. The quantitative estimate of drug-likeness (QED) is 0.699. The van der Waals surface area contributed by atoms with Crippen LogP contribution < -0.4 is 9.04 Å². The van der Waals surface area contributed by atoms with Crippen LogP contribution in [0.4, 0.5) is 5.69 Å². The largest absolute Gasteiger partial charge is 0.497 e. The Labute approximate surface area is 178 Å². The Hall–Kier alpha value is -2.10. The molecule has 0 atom stereocenters. The Bertz CT molecular complexity index is 1120. The van der Waals surface area contributed by atoms with Crippen molar-refractivity contribution >= 4 is 25.7 Å². The van der Waals surface area contributed by atoms with E-state index >= 15 is 0 Å². The van der Waals surface area contributed by atoms with Gasteiger partial charge in [0.1, 0.15) is 5.75 Å². The number of fused-ring (bicyclic) bond motifs is 1. The molecule has 2 heterocycles. The molecule has 0 spiro atoms. The topological polar surface area (TPSA) is 84.0 Å². The lowest BCUT2D eigenvalue weighted by Crippen LogP contribution is -2.37. The molecule has 1 saturated heterocycles. The standard InChI is InChI=1S/C21H26N2O5S2/c1-28-18-7-9-19(10-8-18)30(26,27)23-15-5-6-17-16-20(11-12-21(17)23)29(24,25)22-13-3-2-4-14-22/h7-12,16H,2-6,13-15H2,1H3. The number of piperidine rings is 1. The minimum absolute atomic E-state index is 0.182. The normalized spacial score (nSPS) is 18.1. The molecule has 2 aromatic rings. The average molecular weight is 451 g/mol. The molecule has 0 unspecified atom stereocenters. The lowest BCUT2D eigenvalue weighted by molar-refractivity contribution is 0.346. The van der Waals surface area contributed by atoms with Crippen LogP contribution in [-0.4, -0.2) is 47.9 Å². The van der Waals surface area contributed by atoms with E-state index in [2.05, 4.69) is 0 Å². The number of sulfonamides is 2. The maximum atomic E-state index is 13.2. The van der Waals surface area contributed by atoms with E-state index in [9.17, 15) is 16.8 Å². The molecule has 0 saturated carbocycles. The second-order valence-corrected chi connectivity index (χ2v) is 11.4. The van der Waals surface area contributed by atoms with Gasteiger partial charge in [-0.1, -0.05) is 6.42 Å². The lowest BCUT2D eigenvalue weighted by Gasteiger charge is -2.31. The Morgan fingerprint density at radius 1 is 0.767 bits per heavy atom. The summed E-state index contributed by atoms with van der Waals surface area (Å²) in [6, 6.07) is 11.1. The fourth-order valence-corrected chi connectivity index (χ4v) is 7.19. The molecule has 162 valence electrons. The van der Waals surface area contributed by atoms with Gasteiger partial charge in [0.05, 0.1) is 22.6 Å². The molecule has 2 aliphatic heterocycles. The van der Waals surface area contributed by atoms with Crippen LogP contribution in [0.1, 0.15) is 31.2 Å². The highest BCUT2D eigenvalue weighted by Gasteiger charge is 2.31. The highest BCUT2D eigenvalue weighted by atomic mass is 32.2. The van der Waals surface area contributed by atoms with Crippen molar-refractivity contribution in [2.45, 2.75) is 41.9 Å². The van der Waals surface area contributed by atoms with Crippen LogP contribution in [-0.2, 0) is 26.5 Å². The number of benzene rings is 2. The molecule has 30 heavy (non-hydrogen) atoms. The monoisotopic (exact) mass is 450 g/mol. The van der Waals surface area contributed by atoms with Gasteiger partial charge in [0.2, 0.25) is 10.0 Å². The van der Waals surface area contributed by atoms with Crippen molar-refractivity contribution in [1.82, 2.24) is 4.31 Å². The van der Waals surface area contributed by atoms with Crippen LogP contribution >= 0.6 is 0 Å². The Balaban J connectivity index is 1.68. The molecule has 0 N–H and O–H groups in total. The first-order valence-electron chi connectivity index (χ1n) is 10.1. The van der Waals surface area contributed by atoms with Gasteiger partial charge in [-0.3, -0.25) is 4.31 Å². The molecular formula is C21H26N2O5S2. The molecule has 2 aliphatic rings. The summed E-state index contributed by atoms with van der Waals surface area (Å²) in [7, 11) is -5.78. The lowest BCUT2D eigenvalue weighted by atomic mass is 10.0. The molecule has 0 radical (unpaired) electrons. The van der Waals surface area contributed by atoms with Crippen molar-refractivity contribution in [2.24, 2.45) is 0 Å². The highest BCUT2D eigenvalue weighted by Crippen LogP contribution is 2.34. The first-order valence-corrected chi connectivity index (χ1v) is 13.0. The predicted molar refractivity (Wildman–Crippen MR) is 115 cm³/mol. The highest BCUT2D eigenvalue weighted by molar-refractivity contribution is 7.92. The van der Waals surface area contributed by atoms with E-state index in [1.165, 1.54) is 33.9 Å². The summed E-state index contributed by atoms with van der Waals surface area (Å²) in [6.45, 7) is 1.44. The van der Waals surface area contributed by atoms with Crippen LogP contribution in [0.15, 0.2) is 52.3 Å². The maximum absolute atomic E-state index is 13.2. The molecule has 1 fully saturated rings. The summed E-state index contributed by atoms with van der Waals surface area (Å²) in [5, 5.41) is 0. The summed E-state index contributed by atoms with van der Waals surface area (Å²) < 4.78 is 60.5. The van der Waals surface area contributed by atoms with E-state index in [4.69, 9.17) is 4.74 Å². The van der Waals surface area contributed by atoms with E-state index in [1.54, 1.807) is 24.3 Å². The average Bonchev–Trinajstić information content (AvgIpc) is 2.78. The van der Waals surface area contributed by atoms with E-state index in [-0.39, 0.29) is 9.79 Å². The minimum atomic E-state index is -3.75. The van der Waals surface area contributed by atoms with Gasteiger partial charge in [-0.05, 0) is 73.7 Å². The van der Waals surface area contributed by atoms with Gasteiger partial charge < -0.3 is 4.74 Å². The van der Waals surface area contributed by atoms with Crippen LogP contribution in [0, 0.1) is 0 Å². The third-order valence-corrected chi connectivity index (χ3v) is 9.45. The zero-order valence-corrected chi connectivity index (χ0v) is 18.6. The van der Waals surface area contributed by atoms with E-state index in [0.29, 0.717) is 43.9 Å². The Morgan fingerprint density at radius 3 is 2.10 bits per heavy atom. The second kappa shape index (κ2) is 8.20. The zero-order valence-electron chi connectivity index (χ0n) is 17.0. The summed E-state index contributed by atoms with van der Waals surface area (Å²) in [5.74, 6) is 0.584. The molecule has 9 heteroatoms. The Kier molecular flexibility index (Phi) is 5.78. The van der Waals surface area contributed by atoms with Crippen LogP contribution in [0.3, 0.4) is 0 Å². The first-order chi connectivity index (χ1) is 14.3. The van der Waals surface area contributed by atoms with Crippen molar-refractivity contribution < 1.29 is 21.6 Å². The summed E-state index contributed by atoms with van der Waals surface area (Å²) in [6.07, 6.45) is 4.08. The number of anilines is 1. The van der Waals surface area contributed by atoms with Crippen molar-refractivity contribution in [2.75, 3.05) is 31.0 Å². The van der Waals surface area contributed by atoms with Gasteiger partial charge in [-0.2, -0.15) is 4.31 Å². The smallest absolute Gasteiger partial charge is 0.264 e. The van der Waals surface area contributed by atoms with Gasteiger partial charge in [0, 0.05) is 19.6 Å². The molecule has 0 amide bonds. The van der Waals surface area contributed by atoms with Gasteiger partial charge in [-0.25, -0.2) is 16.8 Å². The van der Waals surface area contributed by atoms with Crippen molar-refractivity contribution in [3.63, 3.8) is 0 Å². The van der Waals surface area contributed by atoms with Crippen LogP contribution in [0.25, 0.3) is 0 Å². The number of methoxy groups -OCH3 is 1. The SMILES string of the molecule is COc1ccc(S(=O)(=O)N2CCCc3cc(S(=O)(=O)N4CCCCC4)ccc32)cc1. The molecule has 7 nitrogen and oxygen atoms in total. The predicted octanol–water partition coefficient (Wildman–Crippen LogP) is 3.01. The number of aryl methyl sites for hydroxylation is 1. The minimum Gasteiger partial charge on any atom is -0.497 e. The number of hydrogen-bond donors (Lipinski definition) is 0. The molecule has 4 rings (SSSR count). The van der Waals surface area contributed by atoms with Crippen molar-refractivity contribution in [3.05, 3.63) is 48.0 Å². The van der Waals surface area contributed by atoms with Gasteiger partial charge in [0.15, 0.2) is 0 Å². The molecule has 0 bridgehead atoms. The molecule has 0 aliphatic carbocycles. The second-order valence-electron chi connectivity index (χ2n) is 7.61. The number of rotatable bonds is 5. The third-order valence-electron chi connectivity index (χ3n) is 5.73. The zero-order chi connectivity index (χ0) is 21.4. The fourth-order valence-electron chi connectivity index (χ4n) is 4.08. The van der Waals surface area contributed by atoms with E-state index in [0.717, 1.165) is 24.8 Å².